The van der Waals surface area contributed by atoms with Gasteiger partial charge in [-0.15, -0.1) is 0 Å². The number of pyridine rings is 1. The van der Waals surface area contributed by atoms with E-state index in [0.717, 1.165) is 38.4 Å². The summed E-state index contributed by atoms with van der Waals surface area (Å²) < 4.78 is 1.87. The van der Waals surface area contributed by atoms with Gasteiger partial charge in [0.05, 0.1) is 11.3 Å². The monoisotopic (exact) mass is 274 g/mol. The van der Waals surface area contributed by atoms with Crippen LogP contribution in [0.2, 0.25) is 0 Å². The Hall–Kier alpha value is -1.92. The largest absolute Gasteiger partial charge is 0.478 e. The molecule has 0 spiro atoms. The molecule has 3 heterocycles. The number of hydrogen-bond donors (Lipinski definition) is 1. The van der Waals surface area contributed by atoms with Crippen molar-refractivity contribution in [3.8, 4) is 0 Å². The van der Waals surface area contributed by atoms with E-state index in [1.165, 1.54) is 0 Å². The molecule has 1 aliphatic heterocycles. The van der Waals surface area contributed by atoms with E-state index in [0.29, 0.717) is 5.65 Å². The Labute approximate surface area is 117 Å². The highest BCUT2D eigenvalue weighted by Crippen LogP contribution is 2.11. The summed E-state index contributed by atoms with van der Waals surface area (Å²) in [6.45, 7) is 5.07. The summed E-state index contributed by atoms with van der Waals surface area (Å²) in [6, 6.07) is 3.20. The van der Waals surface area contributed by atoms with Crippen molar-refractivity contribution in [3.05, 3.63) is 35.8 Å². The maximum absolute atomic E-state index is 10.9. The van der Waals surface area contributed by atoms with Gasteiger partial charge in [0.15, 0.2) is 0 Å². The average molecular weight is 274 g/mol. The van der Waals surface area contributed by atoms with E-state index in [-0.39, 0.29) is 5.56 Å². The van der Waals surface area contributed by atoms with Gasteiger partial charge < -0.3 is 14.4 Å². The summed E-state index contributed by atoms with van der Waals surface area (Å²) in [4.78, 5) is 20.2. The number of piperazine rings is 1. The first-order valence-corrected chi connectivity index (χ1v) is 6.73. The van der Waals surface area contributed by atoms with Crippen LogP contribution in [0.3, 0.4) is 0 Å². The minimum atomic E-state index is -0.920. The predicted octanol–water partition coefficient (Wildman–Crippen LogP) is 0.780. The van der Waals surface area contributed by atoms with Crippen molar-refractivity contribution in [2.45, 2.75) is 6.54 Å². The zero-order valence-corrected chi connectivity index (χ0v) is 11.5. The highest BCUT2D eigenvalue weighted by Gasteiger charge is 2.15. The van der Waals surface area contributed by atoms with Crippen molar-refractivity contribution in [2.75, 3.05) is 33.2 Å². The molecule has 0 aliphatic carbocycles. The van der Waals surface area contributed by atoms with Gasteiger partial charge >= 0.3 is 5.97 Å². The Morgan fingerprint density at radius 1 is 1.35 bits per heavy atom. The van der Waals surface area contributed by atoms with E-state index in [4.69, 9.17) is 5.11 Å². The fraction of sp³-hybridized carbons (Fsp3) is 0.429. The van der Waals surface area contributed by atoms with Gasteiger partial charge in [0.1, 0.15) is 5.65 Å². The van der Waals surface area contributed by atoms with Crippen LogP contribution in [0.15, 0.2) is 24.5 Å². The van der Waals surface area contributed by atoms with Crippen LogP contribution >= 0.6 is 0 Å². The average Bonchev–Trinajstić information content (AvgIpc) is 2.82. The molecule has 0 bridgehead atoms. The maximum Gasteiger partial charge on any atom is 0.335 e. The zero-order valence-electron chi connectivity index (χ0n) is 11.5. The van der Waals surface area contributed by atoms with E-state index < -0.39 is 5.97 Å². The summed E-state index contributed by atoms with van der Waals surface area (Å²) in [5.74, 6) is -0.920. The van der Waals surface area contributed by atoms with E-state index in [9.17, 15) is 4.79 Å². The summed E-state index contributed by atoms with van der Waals surface area (Å²) in [7, 11) is 2.13. The first-order chi connectivity index (χ1) is 9.61. The molecule has 2 aromatic heterocycles. The molecule has 0 unspecified atom stereocenters. The van der Waals surface area contributed by atoms with Crippen molar-refractivity contribution in [3.63, 3.8) is 0 Å². The third-order valence-electron chi connectivity index (χ3n) is 3.74. The zero-order chi connectivity index (χ0) is 14.1. The van der Waals surface area contributed by atoms with E-state index in [1.807, 2.05) is 10.6 Å². The number of nitrogens with zero attached hydrogens (tertiary/aromatic N) is 4. The third-order valence-corrected chi connectivity index (χ3v) is 3.74. The predicted molar refractivity (Wildman–Crippen MR) is 74.9 cm³/mol. The number of carboxylic acids is 1. The lowest BCUT2D eigenvalue weighted by Crippen LogP contribution is -2.43. The molecule has 0 atom stereocenters. The van der Waals surface area contributed by atoms with Crippen LogP contribution in [-0.2, 0) is 6.54 Å². The number of carboxylic acid groups (broad SMARTS) is 1. The Kier molecular flexibility index (Phi) is 3.42. The molecule has 3 rings (SSSR count). The second-order valence-electron chi connectivity index (χ2n) is 5.30. The van der Waals surface area contributed by atoms with Gasteiger partial charge in [-0.1, -0.05) is 0 Å². The Bertz CT molecular complexity index is 629. The minimum absolute atomic E-state index is 0.272. The van der Waals surface area contributed by atoms with Crippen molar-refractivity contribution in [1.82, 2.24) is 19.2 Å². The number of hydrogen-bond acceptors (Lipinski definition) is 4. The molecule has 6 nitrogen and oxygen atoms in total. The molecule has 0 saturated carbocycles. The number of aromatic carboxylic acids is 1. The van der Waals surface area contributed by atoms with E-state index >= 15 is 0 Å². The van der Waals surface area contributed by atoms with Crippen LogP contribution in [-0.4, -0.2) is 63.5 Å². The number of fused-ring (bicyclic) bond motifs is 1. The lowest BCUT2D eigenvalue weighted by atomic mass is 10.3. The van der Waals surface area contributed by atoms with Crippen molar-refractivity contribution >= 4 is 11.6 Å². The number of carbonyl (C=O) groups is 1. The highest BCUT2D eigenvalue weighted by atomic mass is 16.4. The van der Waals surface area contributed by atoms with Gasteiger partial charge in [-0.25, -0.2) is 9.78 Å². The van der Waals surface area contributed by atoms with Crippen LogP contribution in [0.5, 0.6) is 0 Å². The van der Waals surface area contributed by atoms with Gasteiger partial charge in [0, 0.05) is 45.1 Å². The van der Waals surface area contributed by atoms with Crippen molar-refractivity contribution in [1.29, 1.82) is 0 Å². The normalized spacial score (nSPS) is 17.6. The van der Waals surface area contributed by atoms with Crippen LogP contribution in [0, 0.1) is 0 Å². The van der Waals surface area contributed by atoms with E-state index in [1.54, 1.807) is 18.3 Å². The highest BCUT2D eigenvalue weighted by molar-refractivity contribution is 5.88. The van der Waals surface area contributed by atoms with Gasteiger partial charge in [0.25, 0.3) is 0 Å². The number of likely N-dealkylation sites (N-methyl/N-ethyl adjacent to an activating group) is 1. The molecular formula is C14H18N4O2. The second-order valence-corrected chi connectivity index (χ2v) is 5.30. The number of rotatable bonds is 3. The van der Waals surface area contributed by atoms with Crippen LogP contribution < -0.4 is 0 Å². The molecule has 1 aliphatic rings. The summed E-state index contributed by atoms with van der Waals surface area (Å²) in [5, 5.41) is 8.99. The fourth-order valence-corrected chi connectivity index (χ4v) is 2.48. The summed E-state index contributed by atoms with van der Waals surface area (Å²) in [6.07, 6.45) is 3.72. The SMILES string of the molecule is CN1CCN(Cc2cn3ccc(C(=O)O)cc3n2)CC1. The first-order valence-electron chi connectivity index (χ1n) is 6.73. The van der Waals surface area contributed by atoms with Gasteiger partial charge in [-0.2, -0.15) is 0 Å². The standard InChI is InChI=1S/C14H18N4O2/c1-16-4-6-17(7-5-16)9-12-10-18-3-2-11(14(19)20)8-13(18)15-12/h2-3,8,10H,4-7,9H2,1H3,(H,19,20). The van der Waals surface area contributed by atoms with E-state index in [2.05, 4.69) is 21.8 Å². The number of imidazole rings is 1. The molecule has 1 saturated heterocycles. The second kappa shape index (κ2) is 5.22. The minimum Gasteiger partial charge on any atom is -0.478 e. The van der Waals surface area contributed by atoms with Crippen LogP contribution in [0.4, 0.5) is 0 Å². The summed E-state index contributed by atoms with van der Waals surface area (Å²) >= 11 is 0. The van der Waals surface area contributed by atoms with Gasteiger partial charge in [0.2, 0.25) is 0 Å². The molecule has 2 aromatic rings. The Balaban J connectivity index is 1.77. The van der Waals surface area contributed by atoms with Crippen LogP contribution in [0.25, 0.3) is 5.65 Å². The lowest BCUT2D eigenvalue weighted by Gasteiger charge is -2.31. The van der Waals surface area contributed by atoms with Crippen LogP contribution in [0.1, 0.15) is 16.1 Å². The number of aromatic nitrogens is 2. The third kappa shape index (κ3) is 2.66. The quantitative estimate of drug-likeness (QED) is 0.896. The van der Waals surface area contributed by atoms with Crippen molar-refractivity contribution < 1.29 is 9.90 Å². The molecular weight excluding hydrogens is 256 g/mol. The molecule has 1 fully saturated rings. The molecule has 0 amide bonds. The van der Waals surface area contributed by atoms with Gasteiger partial charge in [-0.05, 0) is 19.2 Å². The fourth-order valence-electron chi connectivity index (χ4n) is 2.48. The smallest absolute Gasteiger partial charge is 0.335 e. The maximum atomic E-state index is 10.9. The Morgan fingerprint density at radius 3 is 2.80 bits per heavy atom. The summed E-state index contributed by atoms with van der Waals surface area (Å²) in [5.41, 5.74) is 1.94. The lowest BCUT2D eigenvalue weighted by molar-refractivity contribution is 0.0697. The molecule has 0 radical (unpaired) electrons. The molecule has 0 aromatic carbocycles. The molecule has 20 heavy (non-hydrogen) atoms. The molecule has 1 N–H and O–H groups in total. The molecule has 106 valence electrons. The first kappa shape index (κ1) is 13.1. The van der Waals surface area contributed by atoms with Gasteiger partial charge in [-0.3, -0.25) is 4.90 Å². The Morgan fingerprint density at radius 2 is 2.10 bits per heavy atom. The molecule has 6 heteroatoms. The van der Waals surface area contributed by atoms with Crippen molar-refractivity contribution in [2.24, 2.45) is 0 Å². The topological polar surface area (TPSA) is 61.1 Å².